The second kappa shape index (κ2) is 8.87. The van der Waals surface area contributed by atoms with Crippen LogP contribution in [0.2, 0.25) is 0 Å². The highest BCUT2D eigenvalue weighted by Crippen LogP contribution is 2.17. The number of anilines is 2. The fourth-order valence-electron chi connectivity index (χ4n) is 2.46. The van der Waals surface area contributed by atoms with E-state index in [1.54, 1.807) is 24.3 Å². The van der Waals surface area contributed by atoms with Gasteiger partial charge in [0.25, 0.3) is 0 Å². The smallest absolute Gasteiger partial charge is 0.322 e. The second-order valence-corrected chi connectivity index (χ2v) is 6.06. The molecule has 0 aliphatic carbocycles. The lowest BCUT2D eigenvalue weighted by Crippen LogP contribution is -2.40. The maximum Gasteiger partial charge on any atom is 0.322 e. The Kier molecular flexibility index (Phi) is 6.57. The van der Waals surface area contributed by atoms with Gasteiger partial charge in [-0.3, -0.25) is 4.79 Å². The SMILES string of the molecule is CC[C@@H](C)N(Cc1ccccc1)C(=O)Nc1ccc(NC(C)=O)cc1. The Morgan fingerprint density at radius 2 is 1.52 bits per heavy atom. The number of hydrogen-bond acceptors (Lipinski definition) is 2. The molecule has 0 saturated heterocycles. The van der Waals surface area contributed by atoms with Gasteiger partial charge in [0.15, 0.2) is 0 Å². The fourth-order valence-corrected chi connectivity index (χ4v) is 2.46. The molecule has 2 N–H and O–H groups in total. The average Bonchev–Trinajstić information content (AvgIpc) is 2.61. The van der Waals surface area contributed by atoms with Crippen molar-refractivity contribution < 1.29 is 9.59 Å². The molecular formula is C20H25N3O2. The van der Waals surface area contributed by atoms with Gasteiger partial charge in [-0.05, 0) is 43.2 Å². The first-order valence-corrected chi connectivity index (χ1v) is 8.48. The first-order chi connectivity index (χ1) is 12.0. The Bertz CT molecular complexity index is 699. The zero-order chi connectivity index (χ0) is 18.2. The number of hydrogen-bond donors (Lipinski definition) is 2. The van der Waals surface area contributed by atoms with E-state index < -0.39 is 0 Å². The highest BCUT2D eigenvalue weighted by atomic mass is 16.2. The number of rotatable bonds is 6. The lowest BCUT2D eigenvalue weighted by molar-refractivity contribution is -0.114. The maximum atomic E-state index is 12.7. The van der Waals surface area contributed by atoms with Crippen LogP contribution in [-0.2, 0) is 11.3 Å². The molecule has 2 aromatic rings. The first kappa shape index (κ1) is 18.5. The van der Waals surface area contributed by atoms with Crippen molar-refractivity contribution in [1.82, 2.24) is 4.90 Å². The number of nitrogens with zero attached hydrogens (tertiary/aromatic N) is 1. The Morgan fingerprint density at radius 1 is 0.960 bits per heavy atom. The molecule has 132 valence electrons. The summed E-state index contributed by atoms with van der Waals surface area (Å²) in [7, 11) is 0. The van der Waals surface area contributed by atoms with E-state index in [4.69, 9.17) is 0 Å². The summed E-state index contributed by atoms with van der Waals surface area (Å²) in [4.78, 5) is 25.6. The molecule has 0 saturated carbocycles. The van der Waals surface area contributed by atoms with Gasteiger partial charge in [0.1, 0.15) is 0 Å². The third kappa shape index (κ3) is 5.64. The second-order valence-electron chi connectivity index (χ2n) is 6.06. The molecule has 0 aliphatic heterocycles. The minimum absolute atomic E-state index is 0.123. The number of carbonyl (C=O) groups is 2. The summed E-state index contributed by atoms with van der Waals surface area (Å²) in [5.41, 5.74) is 2.49. The quantitative estimate of drug-likeness (QED) is 0.815. The highest BCUT2D eigenvalue weighted by Gasteiger charge is 2.19. The van der Waals surface area contributed by atoms with Crippen molar-refractivity contribution in [2.24, 2.45) is 0 Å². The van der Waals surface area contributed by atoms with Gasteiger partial charge in [-0.15, -0.1) is 0 Å². The van der Waals surface area contributed by atoms with Crippen molar-refractivity contribution in [2.75, 3.05) is 10.6 Å². The summed E-state index contributed by atoms with van der Waals surface area (Å²) in [6.07, 6.45) is 0.877. The van der Waals surface area contributed by atoms with Gasteiger partial charge in [-0.1, -0.05) is 37.3 Å². The summed E-state index contributed by atoms with van der Waals surface area (Å²) >= 11 is 0. The molecule has 3 amide bonds. The van der Waals surface area contributed by atoms with Crippen LogP contribution in [0.5, 0.6) is 0 Å². The molecule has 0 bridgehead atoms. The van der Waals surface area contributed by atoms with Crippen LogP contribution in [0.3, 0.4) is 0 Å². The molecule has 0 aliphatic rings. The van der Waals surface area contributed by atoms with E-state index >= 15 is 0 Å². The summed E-state index contributed by atoms with van der Waals surface area (Å²) in [5, 5.41) is 5.64. The number of benzene rings is 2. The van der Waals surface area contributed by atoms with Gasteiger partial charge in [-0.2, -0.15) is 0 Å². The number of nitrogens with one attached hydrogen (secondary N) is 2. The normalized spacial score (nSPS) is 11.5. The standard InChI is InChI=1S/C20H25N3O2/c1-4-15(2)23(14-17-8-6-5-7-9-17)20(25)22-19-12-10-18(11-13-19)21-16(3)24/h5-13,15H,4,14H2,1-3H3,(H,21,24)(H,22,25)/t15-/m1/s1. The predicted molar refractivity (Wildman–Crippen MR) is 102 cm³/mol. The summed E-state index contributed by atoms with van der Waals surface area (Å²) in [6, 6.07) is 17.0. The van der Waals surface area contributed by atoms with Gasteiger partial charge in [0, 0.05) is 30.9 Å². The molecule has 2 rings (SSSR count). The molecule has 25 heavy (non-hydrogen) atoms. The maximum absolute atomic E-state index is 12.7. The van der Waals surface area contributed by atoms with Crippen LogP contribution in [-0.4, -0.2) is 22.9 Å². The van der Waals surface area contributed by atoms with E-state index in [9.17, 15) is 9.59 Å². The Morgan fingerprint density at radius 3 is 2.04 bits per heavy atom. The molecule has 2 aromatic carbocycles. The van der Waals surface area contributed by atoms with Gasteiger partial charge in [0.2, 0.25) is 5.91 Å². The molecule has 5 nitrogen and oxygen atoms in total. The topological polar surface area (TPSA) is 61.4 Å². The van der Waals surface area contributed by atoms with E-state index in [0.717, 1.165) is 12.0 Å². The lowest BCUT2D eigenvalue weighted by atomic mass is 10.1. The Hall–Kier alpha value is -2.82. The van der Waals surface area contributed by atoms with Crippen molar-refractivity contribution in [3.05, 3.63) is 60.2 Å². The van der Waals surface area contributed by atoms with Gasteiger partial charge in [0.05, 0.1) is 0 Å². The van der Waals surface area contributed by atoms with Gasteiger partial charge in [-0.25, -0.2) is 4.79 Å². The van der Waals surface area contributed by atoms with Crippen LogP contribution in [0, 0.1) is 0 Å². The number of carbonyl (C=O) groups excluding carboxylic acids is 2. The van der Waals surface area contributed by atoms with Crippen molar-refractivity contribution in [3.8, 4) is 0 Å². The largest absolute Gasteiger partial charge is 0.326 e. The van der Waals surface area contributed by atoms with Crippen LogP contribution in [0.25, 0.3) is 0 Å². The van der Waals surface area contributed by atoms with E-state index in [0.29, 0.717) is 17.9 Å². The van der Waals surface area contributed by atoms with Gasteiger partial charge < -0.3 is 15.5 Å². The fraction of sp³-hybridized carbons (Fsp3) is 0.300. The lowest BCUT2D eigenvalue weighted by Gasteiger charge is -2.29. The number of amides is 3. The summed E-state index contributed by atoms with van der Waals surface area (Å²) in [5.74, 6) is -0.123. The zero-order valence-corrected chi connectivity index (χ0v) is 15.0. The monoisotopic (exact) mass is 339 g/mol. The third-order valence-electron chi connectivity index (χ3n) is 4.04. The average molecular weight is 339 g/mol. The summed E-state index contributed by atoms with van der Waals surface area (Å²) in [6.45, 7) is 6.13. The Balaban J connectivity index is 2.07. The molecule has 0 fully saturated rings. The van der Waals surface area contributed by atoms with Crippen molar-refractivity contribution >= 4 is 23.3 Å². The molecule has 0 spiro atoms. The van der Waals surface area contributed by atoms with Crippen molar-refractivity contribution in [1.29, 1.82) is 0 Å². The van der Waals surface area contributed by atoms with E-state index in [2.05, 4.69) is 17.6 Å². The van der Waals surface area contributed by atoms with Crippen LogP contribution in [0.15, 0.2) is 54.6 Å². The molecule has 0 radical (unpaired) electrons. The minimum Gasteiger partial charge on any atom is -0.326 e. The van der Waals surface area contributed by atoms with Crippen LogP contribution in [0.1, 0.15) is 32.8 Å². The van der Waals surface area contributed by atoms with Gasteiger partial charge >= 0.3 is 6.03 Å². The van der Waals surface area contributed by atoms with Crippen LogP contribution in [0.4, 0.5) is 16.2 Å². The molecule has 0 aromatic heterocycles. The van der Waals surface area contributed by atoms with Crippen LogP contribution >= 0.6 is 0 Å². The number of urea groups is 1. The van der Waals surface area contributed by atoms with E-state index in [1.807, 2.05) is 42.2 Å². The molecule has 5 heteroatoms. The minimum atomic E-state index is -0.134. The predicted octanol–water partition coefficient (Wildman–Crippen LogP) is 4.48. The summed E-state index contributed by atoms with van der Waals surface area (Å²) < 4.78 is 0. The van der Waals surface area contributed by atoms with E-state index in [-0.39, 0.29) is 18.0 Å². The van der Waals surface area contributed by atoms with E-state index in [1.165, 1.54) is 6.92 Å². The van der Waals surface area contributed by atoms with Crippen molar-refractivity contribution in [2.45, 2.75) is 39.8 Å². The molecular weight excluding hydrogens is 314 g/mol. The highest BCUT2D eigenvalue weighted by molar-refractivity contribution is 5.91. The molecule has 0 unspecified atom stereocenters. The van der Waals surface area contributed by atoms with Crippen LogP contribution < -0.4 is 10.6 Å². The zero-order valence-electron chi connectivity index (χ0n) is 15.0. The third-order valence-corrected chi connectivity index (χ3v) is 4.04. The van der Waals surface area contributed by atoms with Crippen molar-refractivity contribution in [3.63, 3.8) is 0 Å². The molecule has 1 atom stereocenters. The Labute approximate surface area is 149 Å². The first-order valence-electron chi connectivity index (χ1n) is 8.48. The molecule has 0 heterocycles.